The second-order valence-corrected chi connectivity index (χ2v) is 3.67. The lowest BCUT2D eigenvalue weighted by molar-refractivity contribution is -0.119. The molecule has 7 heteroatoms. The minimum atomic E-state index is -0.822. The van der Waals surface area contributed by atoms with Gasteiger partial charge in [0.2, 0.25) is 5.91 Å². The van der Waals surface area contributed by atoms with Crippen LogP contribution in [0.5, 0.6) is 5.75 Å². The number of hydrogen-bond donors (Lipinski definition) is 2. The topological polar surface area (TPSA) is 67.4 Å². The molecule has 0 unspecified atom stereocenters. The second-order valence-electron chi connectivity index (χ2n) is 3.29. The summed E-state index contributed by atoms with van der Waals surface area (Å²) >= 11 is 5.34. The SMILES string of the molecule is COc1ccc(F)c(NC(=O)NC(=O)CCCl)c1. The van der Waals surface area contributed by atoms with Crippen LogP contribution in [0.1, 0.15) is 6.42 Å². The standard InChI is InChI=1S/C11H12ClFN2O3/c1-18-7-2-3-8(13)9(6-7)14-11(17)15-10(16)4-5-12/h2-3,6H,4-5H2,1H3,(H2,14,15,16,17). The van der Waals surface area contributed by atoms with Crippen molar-refractivity contribution >= 4 is 29.2 Å². The lowest BCUT2D eigenvalue weighted by Gasteiger charge is -2.08. The quantitative estimate of drug-likeness (QED) is 0.827. The summed E-state index contributed by atoms with van der Waals surface area (Å²) in [7, 11) is 1.42. The fourth-order valence-corrected chi connectivity index (χ4v) is 1.33. The zero-order chi connectivity index (χ0) is 13.5. The molecule has 1 rings (SSSR count). The van der Waals surface area contributed by atoms with E-state index in [0.717, 1.165) is 6.07 Å². The van der Waals surface area contributed by atoms with Gasteiger partial charge in [0, 0.05) is 18.4 Å². The number of hydrogen-bond acceptors (Lipinski definition) is 3. The number of rotatable bonds is 4. The van der Waals surface area contributed by atoms with Gasteiger partial charge in [-0.3, -0.25) is 10.1 Å². The monoisotopic (exact) mass is 274 g/mol. The first-order valence-corrected chi connectivity index (χ1v) is 5.60. The van der Waals surface area contributed by atoms with Gasteiger partial charge in [0.25, 0.3) is 0 Å². The molecule has 0 saturated heterocycles. The van der Waals surface area contributed by atoms with E-state index in [9.17, 15) is 14.0 Å². The van der Waals surface area contributed by atoms with Crippen LogP contribution in [0, 0.1) is 5.82 Å². The predicted octanol–water partition coefficient (Wildman–Crippen LogP) is 2.11. The number of nitrogens with one attached hydrogen (secondary N) is 2. The maximum Gasteiger partial charge on any atom is 0.325 e. The van der Waals surface area contributed by atoms with Crippen molar-refractivity contribution in [1.82, 2.24) is 5.32 Å². The van der Waals surface area contributed by atoms with Crippen LogP contribution in [-0.2, 0) is 4.79 Å². The van der Waals surface area contributed by atoms with Gasteiger partial charge in [0.05, 0.1) is 12.8 Å². The summed E-state index contributed by atoms with van der Waals surface area (Å²) in [6.07, 6.45) is 0.00949. The van der Waals surface area contributed by atoms with Gasteiger partial charge < -0.3 is 10.1 Å². The number of urea groups is 1. The Hall–Kier alpha value is -1.82. The number of halogens is 2. The van der Waals surface area contributed by atoms with Gasteiger partial charge in [0.15, 0.2) is 0 Å². The molecule has 0 aromatic heterocycles. The largest absolute Gasteiger partial charge is 0.497 e. The molecule has 0 aliphatic carbocycles. The van der Waals surface area contributed by atoms with Crippen molar-refractivity contribution in [1.29, 1.82) is 0 Å². The fraction of sp³-hybridized carbons (Fsp3) is 0.273. The van der Waals surface area contributed by atoms with Crippen LogP contribution in [0.2, 0.25) is 0 Å². The number of methoxy groups -OCH3 is 1. The van der Waals surface area contributed by atoms with Crippen molar-refractivity contribution in [3.8, 4) is 5.75 Å². The van der Waals surface area contributed by atoms with E-state index in [1.165, 1.54) is 19.2 Å². The molecule has 0 atom stereocenters. The molecule has 98 valence electrons. The van der Waals surface area contributed by atoms with Crippen molar-refractivity contribution in [3.63, 3.8) is 0 Å². The van der Waals surface area contributed by atoms with Crippen molar-refractivity contribution in [2.24, 2.45) is 0 Å². The van der Waals surface area contributed by atoms with Crippen LogP contribution >= 0.6 is 11.6 Å². The molecule has 0 fully saturated rings. The highest BCUT2D eigenvalue weighted by atomic mass is 35.5. The first-order chi connectivity index (χ1) is 8.56. The normalized spacial score (nSPS) is 9.72. The molecule has 0 heterocycles. The number of alkyl halides is 1. The number of ether oxygens (including phenoxy) is 1. The lowest BCUT2D eigenvalue weighted by Crippen LogP contribution is -2.34. The van der Waals surface area contributed by atoms with E-state index in [1.807, 2.05) is 5.32 Å². The number of carbonyl (C=O) groups excluding carboxylic acids is 2. The molecule has 0 bridgehead atoms. The van der Waals surface area contributed by atoms with Crippen LogP contribution in [0.4, 0.5) is 14.9 Å². The van der Waals surface area contributed by atoms with E-state index >= 15 is 0 Å². The molecule has 18 heavy (non-hydrogen) atoms. The van der Waals surface area contributed by atoms with Crippen LogP contribution in [0.3, 0.4) is 0 Å². The smallest absolute Gasteiger partial charge is 0.325 e. The third-order valence-corrected chi connectivity index (χ3v) is 2.19. The molecule has 2 N–H and O–H groups in total. The zero-order valence-corrected chi connectivity index (χ0v) is 10.4. The van der Waals surface area contributed by atoms with E-state index in [0.29, 0.717) is 5.75 Å². The summed E-state index contributed by atoms with van der Waals surface area (Å²) in [4.78, 5) is 22.4. The lowest BCUT2D eigenvalue weighted by atomic mass is 10.3. The summed E-state index contributed by atoms with van der Waals surface area (Å²) in [6.45, 7) is 0. The summed E-state index contributed by atoms with van der Waals surface area (Å²) in [6, 6.07) is 3.05. The Bertz CT molecular complexity index is 454. The average Bonchev–Trinajstić information content (AvgIpc) is 2.32. The molecule has 0 spiro atoms. The van der Waals surface area contributed by atoms with Gasteiger partial charge in [-0.05, 0) is 12.1 Å². The summed E-state index contributed by atoms with van der Waals surface area (Å²) in [5.74, 6) is -0.674. The van der Waals surface area contributed by atoms with Crippen molar-refractivity contribution < 1.29 is 18.7 Å². The number of anilines is 1. The zero-order valence-electron chi connectivity index (χ0n) is 9.63. The molecule has 0 aliphatic heterocycles. The Kier molecular flexibility index (Phi) is 5.38. The number of amides is 3. The number of benzene rings is 1. The summed E-state index contributed by atoms with van der Waals surface area (Å²) in [5, 5.41) is 4.22. The summed E-state index contributed by atoms with van der Waals surface area (Å²) in [5.41, 5.74) is -0.0782. The van der Waals surface area contributed by atoms with E-state index in [4.69, 9.17) is 16.3 Å². The minimum absolute atomic E-state index is 0.00949. The van der Waals surface area contributed by atoms with Gasteiger partial charge >= 0.3 is 6.03 Å². The molecule has 1 aromatic rings. The highest BCUT2D eigenvalue weighted by molar-refractivity contribution is 6.19. The Morgan fingerprint density at radius 1 is 1.44 bits per heavy atom. The maximum atomic E-state index is 13.3. The van der Waals surface area contributed by atoms with Gasteiger partial charge in [-0.1, -0.05) is 0 Å². The molecule has 0 radical (unpaired) electrons. The van der Waals surface area contributed by atoms with E-state index < -0.39 is 17.8 Å². The Balaban J connectivity index is 2.66. The van der Waals surface area contributed by atoms with Crippen LogP contribution < -0.4 is 15.4 Å². The first kappa shape index (κ1) is 14.2. The van der Waals surface area contributed by atoms with E-state index in [1.54, 1.807) is 0 Å². The van der Waals surface area contributed by atoms with Crippen LogP contribution in [-0.4, -0.2) is 24.9 Å². The Morgan fingerprint density at radius 3 is 2.78 bits per heavy atom. The molecule has 0 aliphatic rings. The highest BCUT2D eigenvalue weighted by Crippen LogP contribution is 2.20. The Morgan fingerprint density at radius 2 is 2.17 bits per heavy atom. The molecule has 3 amide bonds. The third-order valence-electron chi connectivity index (χ3n) is 2.00. The van der Waals surface area contributed by atoms with Crippen LogP contribution in [0.15, 0.2) is 18.2 Å². The second kappa shape index (κ2) is 6.80. The number of carbonyl (C=O) groups is 2. The first-order valence-electron chi connectivity index (χ1n) is 5.07. The van der Waals surface area contributed by atoms with Gasteiger partial charge in [0.1, 0.15) is 11.6 Å². The minimum Gasteiger partial charge on any atom is -0.497 e. The molecule has 1 aromatic carbocycles. The molecule has 0 saturated carbocycles. The molecular formula is C11H12ClFN2O3. The third kappa shape index (κ3) is 4.21. The van der Waals surface area contributed by atoms with E-state index in [-0.39, 0.29) is 18.0 Å². The average molecular weight is 275 g/mol. The fourth-order valence-electron chi connectivity index (χ4n) is 1.16. The van der Waals surface area contributed by atoms with Gasteiger partial charge in [-0.25, -0.2) is 9.18 Å². The summed E-state index contributed by atoms with van der Waals surface area (Å²) < 4.78 is 18.2. The maximum absolute atomic E-state index is 13.3. The molecule has 5 nitrogen and oxygen atoms in total. The predicted molar refractivity (Wildman–Crippen MR) is 65.5 cm³/mol. The highest BCUT2D eigenvalue weighted by Gasteiger charge is 2.10. The van der Waals surface area contributed by atoms with Crippen molar-refractivity contribution in [2.75, 3.05) is 18.3 Å². The van der Waals surface area contributed by atoms with Crippen molar-refractivity contribution in [2.45, 2.75) is 6.42 Å². The molecular weight excluding hydrogens is 263 g/mol. The number of imide groups is 1. The van der Waals surface area contributed by atoms with Crippen molar-refractivity contribution in [3.05, 3.63) is 24.0 Å². The Labute approximate surface area is 108 Å². The van der Waals surface area contributed by atoms with E-state index in [2.05, 4.69) is 5.32 Å². The van der Waals surface area contributed by atoms with Gasteiger partial charge in [-0.15, -0.1) is 11.6 Å². The van der Waals surface area contributed by atoms with Gasteiger partial charge in [-0.2, -0.15) is 0 Å². The van der Waals surface area contributed by atoms with Crippen LogP contribution in [0.25, 0.3) is 0 Å².